The first-order chi connectivity index (χ1) is 13.9. The number of nitriles is 1. The molecule has 2 aromatic carbocycles. The number of carbonyl (C=O) groups is 1. The molecule has 3 rings (SSSR count). The van der Waals surface area contributed by atoms with Gasteiger partial charge in [0.25, 0.3) is 11.6 Å². The van der Waals surface area contributed by atoms with Crippen molar-refractivity contribution in [2.75, 3.05) is 5.32 Å². The molecule has 144 valence electrons. The minimum absolute atomic E-state index is 0.169. The third-order valence-electron chi connectivity index (χ3n) is 4.01. The summed E-state index contributed by atoms with van der Waals surface area (Å²) in [4.78, 5) is 23.0. The van der Waals surface area contributed by atoms with E-state index in [2.05, 4.69) is 5.32 Å². The molecule has 0 saturated carbocycles. The van der Waals surface area contributed by atoms with E-state index in [9.17, 15) is 20.2 Å². The summed E-state index contributed by atoms with van der Waals surface area (Å²) in [5, 5.41) is 23.4. The van der Waals surface area contributed by atoms with E-state index in [1.54, 1.807) is 12.1 Å². The van der Waals surface area contributed by atoms with Crippen molar-refractivity contribution in [3.8, 4) is 17.4 Å². The van der Waals surface area contributed by atoms with Crippen LogP contribution in [-0.4, -0.2) is 10.8 Å². The van der Waals surface area contributed by atoms with Gasteiger partial charge in [-0.15, -0.1) is 0 Å². The second kappa shape index (κ2) is 8.42. The highest BCUT2D eigenvalue weighted by molar-refractivity contribution is 6.30. The number of anilines is 1. The Morgan fingerprint density at radius 1 is 1.21 bits per heavy atom. The van der Waals surface area contributed by atoms with Crippen LogP contribution in [0.4, 0.5) is 11.4 Å². The van der Waals surface area contributed by atoms with Crippen LogP contribution in [0, 0.1) is 28.4 Å². The predicted octanol–water partition coefficient (Wildman–Crippen LogP) is 5.36. The minimum atomic E-state index is -0.591. The van der Waals surface area contributed by atoms with Crippen LogP contribution in [0.25, 0.3) is 17.4 Å². The number of nitro benzene ring substituents is 1. The number of furan rings is 1. The van der Waals surface area contributed by atoms with Crippen LogP contribution >= 0.6 is 11.6 Å². The largest absolute Gasteiger partial charge is 0.456 e. The molecule has 0 radical (unpaired) electrons. The summed E-state index contributed by atoms with van der Waals surface area (Å²) in [6.45, 7) is 1.92. The smallest absolute Gasteiger partial charge is 0.281 e. The maximum Gasteiger partial charge on any atom is 0.281 e. The topological polar surface area (TPSA) is 109 Å². The molecule has 1 heterocycles. The summed E-state index contributed by atoms with van der Waals surface area (Å²) >= 11 is 5.83. The molecule has 0 unspecified atom stereocenters. The Hall–Kier alpha value is -3.89. The molecule has 29 heavy (non-hydrogen) atoms. The first kappa shape index (κ1) is 19.9. The molecule has 8 heteroatoms. The summed E-state index contributed by atoms with van der Waals surface area (Å²) < 4.78 is 5.59. The van der Waals surface area contributed by atoms with Gasteiger partial charge in [0.15, 0.2) is 0 Å². The lowest BCUT2D eigenvalue weighted by Gasteiger charge is -2.04. The normalized spacial score (nSPS) is 11.0. The molecular weight excluding hydrogens is 394 g/mol. The molecule has 0 aliphatic rings. The zero-order valence-corrected chi connectivity index (χ0v) is 15.9. The predicted molar refractivity (Wildman–Crippen MR) is 109 cm³/mol. The molecular formula is C21H14ClN3O4. The number of nitrogens with zero attached hydrogens (tertiary/aromatic N) is 2. The Balaban J connectivity index is 1.86. The molecule has 7 nitrogen and oxygen atoms in total. The number of aryl methyl sites for hydroxylation is 1. The van der Waals surface area contributed by atoms with E-state index in [-0.39, 0.29) is 33.4 Å². The molecule has 0 spiro atoms. The third-order valence-corrected chi connectivity index (χ3v) is 4.24. The van der Waals surface area contributed by atoms with E-state index in [4.69, 9.17) is 16.0 Å². The van der Waals surface area contributed by atoms with Crippen molar-refractivity contribution in [2.24, 2.45) is 0 Å². The van der Waals surface area contributed by atoms with Gasteiger partial charge in [-0.05, 0) is 43.3 Å². The van der Waals surface area contributed by atoms with E-state index in [0.29, 0.717) is 5.69 Å². The number of carbonyl (C=O) groups excluding carboxylic acids is 1. The highest BCUT2D eigenvalue weighted by Gasteiger charge is 2.19. The van der Waals surface area contributed by atoms with Crippen molar-refractivity contribution in [2.45, 2.75) is 6.92 Å². The van der Waals surface area contributed by atoms with Gasteiger partial charge in [-0.3, -0.25) is 14.9 Å². The summed E-state index contributed by atoms with van der Waals surface area (Å²) in [5.74, 6) is -0.164. The van der Waals surface area contributed by atoms with Crippen LogP contribution in [0.5, 0.6) is 0 Å². The molecule has 1 N–H and O–H groups in total. The van der Waals surface area contributed by atoms with E-state index in [1.165, 1.54) is 36.4 Å². The van der Waals surface area contributed by atoms with Crippen LogP contribution < -0.4 is 5.32 Å². The second-order valence-corrected chi connectivity index (χ2v) is 6.55. The first-order valence-electron chi connectivity index (χ1n) is 8.41. The highest BCUT2D eigenvalue weighted by atomic mass is 35.5. The van der Waals surface area contributed by atoms with E-state index in [0.717, 1.165) is 5.56 Å². The Labute approximate surface area is 171 Å². The van der Waals surface area contributed by atoms with Crippen molar-refractivity contribution < 1.29 is 14.1 Å². The standard InChI is InChI=1S/C21H14ClN3O4/c1-13-2-5-16(6-3-13)24-21(26)14(12-23)10-17-7-9-20(29-17)18-8-4-15(22)11-19(18)25(27)28/h2-11H,1H3,(H,24,26)/b14-10+. The molecule has 0 bridgehead atoms. The number of rotatable bonds is 5. The van der Waals surface area contributed by atoms with Crippen molar-refractivity contribution in [3.05, 3.63) is 86.6 Å². The van der Waals surface area contributed by atoms with Gasteiger partial charge >= 0.3 is 0 Å². The fraction of sp³-hybridized carbons (Fsp3) is 0.0476. The molecule has 0 fully saturated rings. The van der Waals surface area contributed by atoms with Gasteiger partial charge in [-0.1, -0.05) is 29.3 Å². The quantitative estimate of drug-likeness (QED) is 0.265. The first-order valence-corrected chi connectivity index (χ1v) is 8.79. The fourth-order valence-corrected chi connectivity index (χ4v) is 2.73. The fourth-order valence-electron chi connectivity index (χ4n) is 2.57. The zero-order chi connectivity index (χ0) is 21.0. The average Bonchev–Trinajstić information content (AvgIpc) is 3.16. The Morgan fingerprint density at radius 2 is 1.93 bits per heavy atom. The second-order valence-electron chi connectivity index (χ2n) is 6.11. The van der Waals surface area contributed by atoms with Gasteiger partial charge in [0.2, 0.25) is 0 Å². The molecule has 1 amide bonds. The number of hydrogen-bond donors (Lipinski definition) is 1. The number of hydrogen-bond acceptors (Lipinski definition) is 5. The summed E-state index contributed by atoms with van der Waals surface area (Å²) in [5.41, 5.74) is 1.45. The van der Waals surface area contributed by atoms with Gasteiger partial charge in [-0.2, -0.15) is 5.26 Å². The van der Waals surface area contributed by atoms with Crippen LogP contribution in [0.2, 0.25) is 5.02 Å². The maximum atomic E-state index is 12.3. The lowest BCUT2D eigenvalue weighted by Crippen LogP contribution is -2.13. The van der Waals surface area contributed by atoms with Gasteiger partial charge in [-0.25, -0.2) is 0 Å². The molecule has 0 atom stereocenters. The Morgan fingerprint density at radius 3 is 2.59 bits per heavy atom. The number of nitrogens with one attached hydrogen (secondary N) is 1. The summed E-state index contributed by atoms with van der Waals surface area (Å²) in [6.07, 6.45) is 1.27. The number of amides is 1. The van der Waals surface area contributed by atoms with Gasteiger partial charge in [0.05, 0.1) is 10.5 Å². The Bertz CT molecular complexity index is 1160. The third kappa shape index (κ3) is 4.69. The molecule has 1 aromatic heterocycles. The van der Waals surface area contributed by atoms with Gasteiger partial charge in [0.1, 0.15) is 23.2 Å². The molecule has 0 aliphatic carbocycles. The monoisotopic (exact) mass is 407 g/mol. The lowest BCUT2D eigenvalue weighted by atomic mass is 10.1. The van der Waals surface area contributed by atoms with Crippen LogP contribution in [0.15, 0.2) is 64.6 Å². The molecule has 0 aliphatic heterocycles. The SMILES string of the molecule is Cc1ccc(NC(=O)/C(C#N)=C/c2ccc(-c3ccc(Cl)cc3[N+](=O)[O-])o2)cc1. The van der Waals surface area contributed by atoms with Crippen LogP contribution in [0.1, 0.15) is 11.3 Å². The van der Waals surface area contributed by atoms with Gasteiger partial charge in [0, 0.05) is 22.9 Å². The maximum absolute atomic E-state index is 12.3. The van der Waals surface area contributed by atoms with Crippen molar-refractivity contribution in [1.29, 1.82) is 5.26 Å². The van der Waals surface area contributed by atoms with Crippen molar-refractivity contribution >= 4 is 35.0 Å². The van der Waals surface area contributed by atoms with Crippen molar-refractivity contribution in [3.63, 3.8) is 0 Å². The number of halogens is 1. The average molecular weight is 408 g/mol. The van der Waals surface area contributed by atoms with Gasteiger partial charge < -0.3 is 9.73 Å². The Kier molecular flexibility index (Phi) is 5.77. The van der Waals surface area contributed by atoms with E-state index >= 15 is 0 Å². The molecule has 0 saturated heterocycles. The zero-order valence-electron chi connectivity index (χ0n) is 15.2. The van der Waals surface area contributed by atoms with Crippen LogP contribution in [0.3, 0.4) is 0 Å². The number of benzene rings is 2. The van der Waals surface area contributed by atoms with Crippen molar-refractivity contribution in [1.82, 2.24) is 0 Å². The van der Waals surface area contributed by atoms with E-state index < -0.39 is 10.8 Å². The van der Waals surface area contributed by atoms with E-state index in [1.807, 2.05) is 25.1 Å². The molecule has 3 aromatic rings. The summed E-state index contributed by atoms with van der Waals surface area (Å²) in [7, 11) is 0. The minimum Gasteiger partial charge on any atom is -0.456 e. The summed E-state index contributed by atoms with van der Waals surface area (Å²) in [6, 6.07) is 16.2. The lowest BCUT2D eigenvalue weighted by molar-refractivity contribution is -0.384. The highest BCUT2D eigenvalue weighted by Crippen LogP contribution is 2.33. The number of nitro groups is 1. The van der Waals surface area contributed by atoms with Crippen LogP contribution in [-0.2, 0) is 4.79 Å².